The summed E-state index contributed by atoms with van der Waals surface area (Å²) in [6.45, 7) is 1.16. The van der Waals surface area contributed by atoms with E-state index in [1.54, 1.807) is 0 Å². The second-order valence-corrected chi connectivity index (χ2v) is 5.23. The van der Waals surface area contributed by atoms with Gasteiger partial charge in [0.15, 0.2) is 0 Å². The van der Waals surface area contributed by atoms with Gasteiger partial charge in [-0.2, -0.15) is 11.8 Å². The van der Waals surface area contributed by atoms with Gasteiger partial charge in [-0.1, -0.05) is 0 Å². The van der Waals surface area contributed by atoms with Crippen LogP contribution in [0.2, 0.25) is 0 Å². The molecule has 1 aromatic rings. The number of thioether (sulfide) groups is 1. The molecule has 0 radical (unpaired) electrons. The fraction of sp³-hybridized carbons (Fsp3) is 0.636. The van der Waals surface area contributed by atoms with Crippen LogP contribution in [0.5, 0.6) is 0 Å². The highest BCUT2D eigenvalue weighted by Crippen LogP contribution is 2.27. The van der Waals surface area contributed by atoms with Gasteiger partial charge in [0.05, 0.1) is 5.69 Å². The van der Waals surface area contributed by atoms with Gasteiger partial charge in [-0.25, -0.2) is 9.97 Å². The van der Waals surface area contributed by atoms with Gasteiger partial charge in [-0.3, -0.25) is 0 Å². The molecule has 0 amide bonds. The lowest BCUT2D eigenvalue weighted by molar-refractivity contribution is 0.583. The van der Waals surface area contributed by atoms with E-state index in [4.69, 9.17) is 0 Å². The molecule has 4 heteroatoms. The van der Waals surface area contributed by atoms with Gasteiger partial charge in [0.2, 0.25) is 0 Å². The summed E-state index contributed by atoms with van der Waals surface area (Å²) in [7, 11) is 0. The van der Waals surface area contributed by atoms with E-state index in [0.29, 0.717) is 6.04 Å². The van der Waals surface area contributed by atoms with E-state index < -0.39 is 0 Å². The second kappa shape index (κ2) is 4.10. The molecule has 3 heterocycles. The Morgan fingerprint density at radius 3 is 3.33 bits per heavy atom. The largest absolute Gasteiger partial charge is 0.314 e. The van der Waals surface area contributed by atoms with E-state index in [9.17, 15) is 0 Å². The van der Waals surface area contributed by atoms with Crippen molar-refractivity contribution in [2.45, 2.75) is 36.8 Å². The third kappa shape index (κ3) is 2.01. The fourth-order valence-electron chi connectivity index (χ4n) is 2.24. The summed E-state index contributed by atoms with van der Waals surface area (Å²) in [5, 5.41) is 3.49. The van der Waals surface area contributed by atoms with Crippen LogP contribution in [0.25, 0.3) is 0 Å². The van der Waals surface area contributed by atoms with Gasteiger partial charge in [-0.05, 0) is 19.4 Å². The van der Waals surface area contributed by atoms with Crippen LogP contribution in [0, 0.1) is 0 Å². The van der Waals surface area contributed by atoms with Crippen molar-refractivity contribution in [3.05, 3.63) is 23.3 Å². The van der Waals surface area contributed by atoms with Crippen LogP contribution >= 0.6 is 11.8 Å². The Morgan fingerprint density at radius 1 is 1.47 bits per heavy atom. The van der Waals surface area contributed by atoms with Gasteiger partial charge in [0.25, 0.3) is 0 Å². The summed E-state index contributed by atoms with van der Waals surface area (Å²) in [4.78, 5) is 9.09. The topological polar surface area (TPSA) is 37.8 Å². The molecular weight excluding hydrogens is 206 g/mol. The minimum atomic E-state index is 0.608. The maximum Gasteiger partial charge on any atom is 0.130 e. The molecule has 0 spiro atoms. The Balaban J connectivity index is 1.75. The number of nitrogens with zero attached hydrogens (tertiary/aromatic N) is 2. The molecule has 1 unspecified atom stereocenters. The van der Waals surface area contributed by atoms with Crippen LogP contribution in [0.3, 0.4) is 0 Å². The van der Waals surface area contributed by atoms with Gasteiger partial charge in [0.1, 0.15) is 5.82 Å². The number of rotatable bonds is 2. The lowest BCUT2D eigenvalue weighted by Gasteiger charge is -2.09. The molecule has 3 rings (SSSR count). The molecule has 0 bridgehead atoms. The molecule has 1 N–H and O–H groups in total. The van der Waals surface area contributed by atoms with Gasteiger partial charge in [-0.15, -0.1) is 0 Å². The average molecular weight is 221 g/mol. The van der Waals surface area contributed by atoms with Crippen molar-refractivity contribution in [3.8, 4) is 0 Å². The van der Waals surface area contributed by atoms with Gasteiger partial charge in [0, 0.05) is 35.7 Å². The van der Waals surface area contributed by atoms with Gasteiger partial charge >= 0.3 is 0 Å². The first kappa shape index (κ1) is 9.60. The van der Waals surface area contributed by atoms with Crippen LogP contribution in [-0.4, -0.2) is 22.6 Å². The van der Waals surface area contributed by atoms with Crippen molar-refractivity contribution in [3.63, 3.8) is 0 Å². The lowest BCUT2D eigenvalue weighted by atomic mass is 10.1. The Labute approximate surface area is 94.1 Å². The Bertz CT molecular complexity index is 361. The molecule has 0 aliphatic carbocycles. The quantitative estimate of drug-likeness (QED) is 0.821. The molecule has 1 atom stereocenters. The molecule has 0 saturated carbocycles. The summed E-state index contributed by atoms with van der Waals surface area (Å²) in [5.74, 6) is 3.19. The number of hydrogen-bond donors (Lipinski definition) is 1. The normalized spacial score (nSPS) is 24.4. The van der Waals surface area contributed by atoms with E-state index in [1.807, 2.05) is 18.0 Å². The number of fused-ring (bicyclic) bond motifs is 1. The number of aromatic nitrogens is 2. The highest BCUT2D eigenvalue weighted by molar-refractivity contribution is 7.98. The monoisotopic (exact) mass is 221 g/mol. The fourth-order valence-corrected chi connectivity index (χ4v) is 3.24. The highest BCUT2D eigenvalue weighted by atomic mass is 32.2. The minimum absolute atomic E-state index is 0.608. The van der Waals surface area contributed by atoms with Crippen molar-refractivity contribution in [1.29, 1.82) is 0 Å². The average Bonchev–Trinajstić information content (AvgIpc) is 2.87. The molecule has 2 aliphatic rings. The summed E-state index contributed by atoms with van der Waals surface area (Å²) in [5.41, 5.74) is 2.60. The summed E-state index contributed by atoms with van der Waals surface area (Å²) in [6.07, 6.45) is 5.59. The molecule has 1 saturated heterocycles. The Kier molecular flexibility index (Phi) is 2.63. The van der Waals surface area contributed by atoms with Crippen molar-refractivity contribution < 1.29 is 0 Å². The van der Waals surface area contributed by atoms with E-state index in [1.165, 1.54) is 24.1 Å². The molecule has 15 heavy (non-hydrogen) atoms. The van der Waals surface area contributed by atoms with E-state index >= 15 is 0 Å². The standard InChI is InChI=1S/C11H15N3S/c1-2-9(12-3-1)4-11-13-5-8-6-15-7-10(8)14-11/h5,9,12H,1-4,6-7H2. The zero-order chi connectivity index (χ0) is 10.1. The van der Waals surface area contributed by atoms with E-state index in [2.05, 4.69) is 15.3 Å². The second-order valence-electron chi connectivity index (χ2n) is 4.25. The van der Waals surface area contributed by atoms with Crippen molar-refractivity contribution in [2.75, 3.05) is 6.54 Å². The maximum atomic E-state index is 4.64. The Morgan fingerprint density at radius 2 is 2.47 bits per heavy atom. The molecule has 80 valence electrons. The van der Waals surface area contributed by atoms with Crippen LogP contribution in [0.1, 0.15) is 29.9 Å². The third-order valence-corrected chi connectivity index (χ3v) is 4.08. The first-order valence-corrected chi connectivity index (χ1v) is 6.72. The van der Waals surface area contributed by atoms with E-state index in [-0.39, 0.29) is 0 Å². The lowest BCUT2D eigenvalue weighted by Crippen LogP contribution is -2.24. The summed E-state index contributed by atoms with van der Waals surface area (Å²) >= 11 is 1.94. The molecule has 1 aromatic heterocycles. The van der Waals surface area contributed by atoms with Crippen LogP contribution in [-0.2, 0) is 17.9 Å². The molecule has 2 aliphatic heterocycles. The number of nitrogens with one attached hydrogen (secondary N) is 1. The maximum absolute atomic E-state index is 4.64. The van der Waals surface area contributed by atoms with Crippen LogP contribution in [0.15, 0.2) is 6.20 Å². The van der Waals surface area contributed by atoms with Crippen molar-refractivity contribution in [2.24, 2.45) is 0 Å². The SMILES string of the molecule is c1nc(CC2CCCN2)nc2c1CSC2. The van der Waals surface area contributed by atoms with Crippen LogP contribution < -0.4 is 5.32 Å². The zero-order valence-electron chi connectivity index (χ0n) is 8.70. The Hall–Kier alpha value is -0.610. The van der Waals surface area contributed by atoms with E-state index in [0.717, 1.165) is 30.3 Å². The van der Waals surface area contributed by atoms with Crippen LogP contribution in [0.4, 0.5) is 0 Å². The van der Waals surface area contributed by atoms with Crippen molar-refractivity contribution >= 4 is 11.8 Å². The number of hydrogen-bond acceptors (Lipinski definition) is 4. The summed E-state index contributed by atoms with van der Waals surface area (Å²) in [6, 6.07) is 0.608. The smallest absolute Gasteiger partial charge is 0.130 e. The van der Waals surface area contributed by atoms with Crippen molar-refractivity contribution in [1.82, 2.24) is 15.3 Å². The first-order valence-electron chi connectivity index (χ1n) is 5.56. The highest BCUT2D eigenvalue weighted by Gasteiger charge is 2.18. The molecule has 1 fully saturated rings. The molecule has 3 nitrogen and oxygen atoms in total. The predicted molar refractivity (Wildman–Crippen MR) is 61.8 cm³/mol. The zero-order valence-corrected chi connectivity index (χ0v) is 9.52. The van der Waals surface area contributed by atoms with Gasteiger partial charge < -0.3 is 5.32 Å². The molecule has 0 aromatic carbocycles. The predicted octanol–water partition coefficient (Wildman–Crippen LogP) is 1.52. The third-order valence-electron chi connectivity index (χ3n) is 3.09. The molecular formula is C11H15N3S. The minimum Gasteiger partial charge on any atom is -0.314 e. The first-order chi connectivity index (χ1) is 7.42. The summed E-state index contributed by atoms with van der Waals surface area (Å²) < 4.78 is 0.